The molecule has 2 rings (SSSR count). The van der Waals surface area contributed by atoms with Gasteiger partial charge in [-0.1, -0.05) is 11.6 Å². The monoisotopic (exact) mass is 257 g/mol. The Morgan fingerprint density at radius 1 is 1.53 bits per heavy atom. The number of aliphatic hydroxyl groups is 1. The van der Waals surface area contributed by atoms with Gasteiger partial charge in [-0.3, -0.25) is 4.90 Å². The second kappa shape index (κ2) is 5.34. The van der Waals surface area contributed by atoms with Gasteiger partial charge in [0.15, 0.2) is 0 Å². The van der Waals surface area contributed by atoms with E-state index in [0.717, 1.165) is 24.9 Å². The van der Waals surface area contributed by atoms with Crippen LogP contribution in [0.5, 0.6) is 0 Å². The molecule has 0 amide bonds. The molecule has 1 fully saturated rings. The highest BCUT2D eigenvalue weighted by Gasteiger charge is 2.18. The fourth-order valence-corrected chi connectivity index (χ4v) is 2.50. The third-order valence-electron chi connectivity index (χ3n) is 3.20. The maximum Gasteiger partial charge on any atom is 0.126 e. The lowest BCUT2D eigenvalue weighted by Gasteiger charge is -2.30. The summed E-state index contributed by atoms with van der Waals surface area (Å²) in [6, 6.07) is 3.16. The van der Waals surface area contributed by atoms with Crippen molar-refractivity contribution in [2.75, 3.05) is 13.1 Å². The Morgan fingerprint density at radius 3 is 3.00 bits per heavy atom. The molecule has 2 nitrogen and oxygen atoms in total. The van der Waals surface area contributed by atoms with Crippen LogP contribution in [0.2, 0.25) is 5.02 Å². The number of aryl methyl sites for hydroxylation is 1. The standard InChI is InChI=1S/C13H17ClFNO/c1-9-5-12(14)10(6-13(9)15)7-16-4-2-3-11(17)8-16/h5-6,11,17H,2-4,7-8H2,1H3. The zero-order chi connectivity index (χ0) is 12.4. The molecule has 1 unspecified atom stereocenters. The summed E-state index contributed by atoms with van der Waals surface area (Å²) in [5.74, 6) is -0.220. The molecule has 1 N–H and O–H groups in total. The predicted octanol–water partition coefficient (Wildman–Crippen LogP) is 2.74. The molecule has 1 aromatic carbocycles. The van der Waals surface area contributed by atoms with Crippen molar-refractivity contribution in [1.29, 1.82) is 0 Å². The average Bonchev–Trinajstić information content (AvgIpc) is 2.26. The zero-order valence-electron chi connectivity index (χ0n) is 9.92. The average molecular weight is 258 g/mol. The molecule has 4 heteroatoms. The number of halogens is 2. The number of benzene rings is 1. The summed E-state index contributed by atoms with van der Waals surface area (Å²) >= 11 is 6.10. The van der Waals surface area contributed by atoms with Crippen LogP contribution in [-0.2, 0) is 6.54 Å². The number of hydrogen-bond donors (Lipinski definition) is 1. The lowest BCUT2D eigenvalue weighted by Crippen LogP contribution is -2.37. The van der Waals surface area contributed by atoms with E-state index in [1.165, 1.54) is 6.07 Å². The van der Waals surface area contributed by atoms with Crippen LogP contribution in [0, 0.1) is 12.7 Å². The normalized spacial score (nSPS) is 21.8. The van der Waals surface area contributed by atoms with E-state index in [0.29, 0.717) is 23.7 Å². The number of aliphatic hydroxyl groups excluding tert-OH is 1. The molecular formula is C13H17ClFNO. The summed E-state index contributed by atoms with van der Waals surface area (Å²) in [5.41, 5.74) is 1.36. The van der Waals surface area contributed by atoms with E-state index in [1.54, 1.807) is 13.0 Å². The summed E-state index contributed by atoms with van der Waals surface area (Å²) in [4.78, 5) is 2.12. The van der Waals surface area contributed by atoms with Gasteiger partial charge in [0.25, 0.3) is 0 Å². The Labute approximate surface area is 106 Å². The van der Waals surface area contributed by atoms with Crippen LogP contribution in [0.1, 0.15) is 24.0 Å². The Morgan fingerprint density at radius 2 is 2.29 bits per heavy atom. The van der Waals surface area contributed by atoms with E-state index in [1.807, 2.05) is 0 Å². The lowest BCUT2D eigenvalue weighted by atomic mass is 10.1. The maximum atomic E-state index is 13.5. The summed E-state index contributed by atoms with van der Waals surface area (Å²) < 4.78 is 13.5. The molecule has 0 saturated carbocycles. The minimum absolute atomic E-state index is 0.220. The molecule has 1 aliphatic rings. The van der Waals surface area contributed by atoms with E-state index in [4.69, 9.17) is 11.6 Å². The van der Waals surface area contributed by atoms with E-state index >= 15 is 0 Å². The molecule has 0 aromatic heterocycles. The topological polar surface area (TPSA) is 23.5 Å². The van der Waals surface area contributed by atoms with Gasteiger partial charge in [0.2, 0.25) is 0 Å². The van der Waals surface area contributed by atoms with Gasteiger partial charge < -0.3 is 5.11 Å². The predicted molar refractivity (Wildman–Crippen MR) is 66.7 cm³/mol. The largest absolute Gasteiger partial charge is 0.392 e. The van der Waals surface area contributed by atoms with Crippen molar-refractivity contribution in [3.05, 3.63) is 34.1 Å². The van der Waals surface area contributed by atoms with Crippen molar-refractivity contribution in [2.45, 2.75) is 32.4 Å². The van der Waals surface area contributed by atoms with Crippen molar-refractivity contribution >= 4 is 11.6 Å². The molecule has 1 heterocycles. The van der Waals surface area contributed by atoms with Crippen LogP contribution >= 0.6 is 11.6 Å². The van der Waals surface area contributed by atoms with Gasteiger partial charge in [-0.15, -0.1) is 0 Å². The van der Waals surface area contributed by atoms with Crippen LogP contribution in [-0.4, -0.2) is 29.2 Å². The van der Waals surface area contributed by atoms with E-state index in [9.17, 15) is 9.50 Å². The molecule has 1 aromatic rings. The minimum Gasteiger partial charge on any atom is -0.392 e. The first-order valence-corrected chi connectivity index (χ1v) is 6.29. The van der Waals surface area contributed by atoms with Gasteiger partial charge in [-0.2, -0.15) is 0 Å². The number of nitrogens with zero attached hydrogens (tertiary/aromatic N) is 1. The third-order valence-corrected chi connectivity index (χ3v) is 3.55. The molecule has 0 bridgehead atoms. The summed E-state index contributed by atoms with van der Waals surface area (Å²) in [5, 5.41) is 10.2. The second-order valence-corrected chi connectivity index (χ2v) is 5.13. The first-order valence-electron chi connectivity index (χ1n) is 5.91. The quantitative estimate of drug-likeness (QED) is 0.881. The van der Waals surface area contributed by atoms with Gasteiger partial charge in [-0.05, 0) is 49.6 Å². The van der Waals surface area contributed by atoms with Crippen LogP contribution < -0.4 is 0 Å². The van der Waals surface area contributed by atoms with Crippen molar-refractivity contribution in [3.63, 3.8) is 0 Å². The maximum absolute atomic E-state index is 13.5. The molecule has 17 heavy (non-hydrogen) atoms. The summed E-state index contributed by atoms with van der Waals surface area (Å²) in [6.07, 6.45) is 1.57. The fourth-order valence-electron chi connectivity index (χ4n) is 2.22. The third kappa shape index (κ3) is 3.18. The molecular weight excluding hydrogens is 241 g/mol. The Hall–Kier alpha value is -0.640. The first kappa shape index (κ1) is 12.8. The van der Waals surface area contributed by atoms with Crippen molar-refractivity contribution in [2.24, 2.45) is 0 Å². The van der Waals surface area contributed by atoms with Gasteiger partial charge in [0.1, 0.15) is 5.82 Å². The smallest absolute Gasteiger partial charge is 0.126 e. The van der Waals surface area contributed by atoms with Crippen molar-refractivity contribution in [1.82, 2.24) is 4.90 Å². The molecule has 1 atom stereocenters. The zero-order valence-corrected chi connectivity index (χ0v) is 10.7. The van der Waals surface area contributed by atoms with E-state index < -0.39 is 0 Å². The molecule has 1 aliphatic heterocycles. The second-order valence-electron chi connectivity index (χ2n) is 4.72. The number of hydrogen-bond acceptors (Lipinski definition) is 2. The molecule has 0 radical (unpaired) electrons. The number of rotatable bonds is 2. The summed E-state index contributed by atoms with van der Waals surface area (Å²) in [6.45, 7) is 3.89. The highest BCUT2D eigenvalue weighted by Crippen LogP contribution is 2.23. The number of β-amino-alcohol motifs (C(OH)–C–C–N with tert-alkyl or cyclic N) is 1. The van der Waals surface area contributed by atoms with E-state index in [-0.39, 0.29) is 11.9 Å². The van der Waals surface area contributed by atoms with Crippen LogP contribution in [0.3, 0.4) is 0 Å². The van der Waals surface area contributed by atoms with Crippen molar-refractivity contribution < 1.29 is 9.50 Å². The van der Waals surface area contributed by atoms with Gasteiger partial charge in [-0.25, -0.2) is 4.39 Å². The Kier molecular flexibility index (Phi) is 4.02. The lowest BCUT2D eigenvalue weighted by molar-refractivity contribution is 0.0668. The van der Waals surface area contributed by atoms with Gasteiger partial charge in [0, 0.05) is 18.1 Å². The highest BCUT2D eigenvalue weighted by molar-refractivity contribution is 6.31. The van der Waals surface area contributed by atoms with Crippen LogP contribution in [0.4, 0.5) is 4.39 Å². The molecule has 0 spiro atoms. The Bertz CT molecular complexity index is 411. The minimum atomic E-state index is -0.266. The first-order chi connectivity index (χ1) is 8.06. The molecule has 1 saturated heterocycles. The van der Waals surface area contributed by atoms with Gasteiger partial charge in [0.05, 0.1) is 6.10 Å². The van der Waals surface area contributed by atoms with Crippen LogP contribution in [0.15, 0.2) is 12.1 Å². The summed E-state index contributed by atoms with van der Waals surface area (Å²) in [7, 11) is 0. The Balaban J connectivity index is 2.10. The number of likely N-dealkylation sites (tertiary alicyclic amines) is 1. The van der Waals surface area contributed by atoms with Crippen molar-refractivity contribution in [3.8, 4) is 0 Å². The number of piperidine rings is 1. The van der Waals surface area contributed by atoms with Crippen LogP contribution in [0.25, 0.3) is 0 Å². The highest BCUT2D eigenvalue weighted by atomic mass is 35.5. The van der Waals surface area contributed by atoms with Gasteiger partial charge >= 0.3 is 0 Å². The SMILES string of the molecule is Cc1cc(Cl)c(CN2CCCC(O)C2)cc1F. The molecule has 0 aliphatic carbocycles. The van der Waals surface area contributed by atoms with E-state index in [2.05, 4.69) is 4.90 Å². The fraction of sp³-hybridized carbons (Fsp3) is 0.538. The molecule has 94 valence electrons.